The molecule has 0 bridgehead atoms. The van der Waals surface area contributed by atoms with Crippen LogP contribution in [0.25, 0.3) is 78.3 Å². The maximum Gasteiger partial charge on any atom is 0.164 e. The largest absolute Gasteiger partial charge is 0.248 e. The molecule has 0 N–H and O–H groups in total. The van der Waals surface area contributed by atoms with Gasteiger partial charge >= 0.3 is 0 Å². The highest BCUT2D eigenvalue weighted by Gasteiger charge is 2.13. The Balaban J connectivity index is 1.09. The Bertz CT molecular complexity index is 2370. The van der Waals surface area contributed by atoms with Crippen molar-refractivity contribution in [1.82, 2.24) is 19.9 Å². The van der Waals surface area contributed by atoms with Gasteiger partial charge in [0, 0.05) is 22.3 Å². The third kappa shape index (κ3) is 5.88. The van der Waals surface area contributed by atoms with Crippen LogP contribution >= 0.6 is 0 Å². The summed E-state index contributed by atoms with van der Waals surface area (Å²) < 4.78 is 0. The first-order valence-electron chi connectivity index (χ1n) is 16.1. The van der Waals surface area contributed by atoms with Gasteiger partial charge in [-0.2, -0.15) is 0 Å². The van der Waals surface area contributed by atoms with E-state index in [4.69, 9.17) is 19.9 Å². The van der Waals surface area contributed by atoms with Gasteiger partial charge in [-0.05, 0) is 59.0 Å². The van der Waals surface area contributed by atoms with Crippen LogP contribution in [-0.4, -0.2) is 19.9 Å². The Morgan fingerprint density at radius 3 is 1.56 bits per heavy atom. The predicted octanol–water partition coefficient (Wildman–Crippen LogP) is 11.0. The summed E-state index contributed by atoms with van der Waals surface area (Å²) in [5.41, 5.74) is 11.8. The van der Waals surface area contributed by atoms with Crippen LogP contribution < -0.4 is 0 Å². The molecular formula is C44H32N4. The van der Waals surface area contributed by atoms with E-state index >= 15 is 0 Å². The molecule has 0 aliphatic rings. The van der Waals surface area contributed by atoms with Crippen molar-refractivity contribution < 1.29 is 0 Å². The number of hydrogen-bond acceptors (Lipinski definition) is 4. The van der Waals surface area contributed by atoms with Crippen molar-refractivity contribution in [2.24, 2.45) is 0 Å². The number of fused-ring (bicyclic) bond motifs is 1. The predicted molar refractivity (Wildman–Crippen MR) is 197 cm³/mol. The molecule has 0 spiro atoms. The lowest BCUT2D eigenvalue weighted by Crippen LogP contribution is -2.00. The smallest absolute Gasteiger partial charge is 0.164 e. The van der Waals surface area contributed by atoms with E-state index in [0.29, 0.717) is 17.5 Å². The van der Waals surface area contributed by atoms with Crippen LogP contribution in [0.4, 0.5) is 0 Å². The summed E-state index contributed by atoms with van der Waals surface area (Å²) in [5.74, 6) is 2.05. The number of aryl methyl sites for hydroxylation is 2. The lowest BCUT2D eigenvalue weighted by molar-refractivity contribution is 0.993. The monoisotopic (exact) mass is 616 g/mol. The van der Waals surface area contributed by atoms with Crippen LogP contribution in [0.2, 0.25) is 0 Å². The van der Waals surface area contributed by atoms with Crippen molar-refractivity contribution in [3.8, 4) is 67.5 Å². The number of aromatic nitrogens is 4. The standard InChI is InChI=1S/C44H32N4/c1-29-15-17-35(18-16-29)41-27-38(31-9-4-3-5-10-31)28-42(47-41)36-23-19-32(20-24-36)33-21-25-37(26-22-33)43-45-30(2)46-44(48-43)40-14-8-12-34-11-6-7-13-39(34)40/h3-28H,1-2H3. The maximum absolute atomic E-state index is 5.11. The number of hydrogen-bond donors (Lipinski definition) is 0. The minimum Gasteiger partial charge on any atom is -0.248 e. The lowest BCUT2D eigenvalue weighted by atomic mass is 9.98. The Hall–Kier alpha value is -6.26. The quantitative estimate of drug-likeness (QED) is 0.186. The molecule has 0 fully saturated rings. The van der Waals surface area contributed by atoms with Crippen molar-refractivity contribution in [2.75, 3.05) is 0 Å². The SMILES string of the molecule is Cc1ccc(-c2cc(-c3ccccc3)cc(-c3ccc(-c4ccc(-c5nc(C)nc(-c6cccc7ccccc67)n5)cc4)cc3)n2)cc1. The number of rotatable bonds is 6. The molecule has 8 aromatic rings. The zero-order chi connectivity index (χ0) is 32.5. The molecule has 4 heteroatoms. The van der Waals surface area contributed by atoms with Crippen LogP contribution in [0.3, 0.4) is 0 Å². The molecular weight excluding hydrogens is 585 g/mol. The highest BCUT2D eigenvalue weighted by atomic mass is 15.0. The normalized spacial score (nSPS) is 11.1. The molecule has 4 nitrogen and oxygen atoms in total. The molecule has 0 amide bonds. The van der Waals surface area contributed by atoms with Crippen molar-refractivity contribution in [2.45, 2.75) is 13.8 Å². The van der Waals surface area contributed by atoms with Crippen LogP contribution in [0.5, 0.6) is 0 Å². The van der Waals surface area contributed by atoms with E-state index in [1.54, 1.807) is 0 Å². The van der Waals surface area contributed by atoms with E-state index in [2.05, 4.69) is 146 Å². The van der Waals surface area contributed by atoms with Crippen LogP contribution in [0.15, 0.2) is 158 Å². The zero-order valence-corrected chi connectivity index (χ0v) is 26.8. The highest BCUT2D eigenvalue weighted by Crippen LogP contribution is 2.33. The zero-order valence-electron chi connectivity index (χ0n) is 26.8. The van der Waals surface area contributed by atoms with Gasteiger partial charge < -0.3 is 0 Å². The summed E-state index contributed by atoms with van der Waals surface area (Å²) in [6, 6.07) is 55.1. The Labute approximate surface area is 280 Å². The molecule has 228 valence electrons. The van der Waals surface area contributed by atoms with Gasteiger partial charge in [-0.15, -0.1) is 0 Å². The molecule has 0 unspecified atom stereocenters. The summed E-state index contributed by atoms with van der Waals surface area (Å²) in [6.45, 7) is 4.03. The van der Waals surface area contributed by atoms with Gasteiger partial charge in [-0.25, -0.2) is 19.9 Å². The molecule has 0 aliphatic heterocycles. The number of nitrogens with zero attached hydrogens (tertiary/aromatic N) is 4. The van der Waals surface area contributed by atoms with Gasteiger partial charge in [0.05, 0.1) is 11.4 Å². The van der Waals surface area contributed by atoms with E-state index in [9.17, 15) is 0 Å². The fourth-order valence-corrected chi connectivity index (χ4v) is 6.14. The van der Waals surface area contributed by atoms with E-state index in [0.717, 1.165) is 61.1 Å². The van der Waals surface area contributed by atoms with Gasteiger partial charge in [0.2, 0.25) is 0 Å². The van der Waals surface area contributed by atoms with E-state index in [1.807, 2.05) is 25.1 Å². The average Bonchev–Trinajstić information content (AvgIpc) is 3.15. The molecule has 0 radical (unpaired) electrons. The summed E-state index contributed by atoms with van der Waals surface area (Å²) in [7, 11) is 0. The second-order valence-electron chi connectivity index (χ2n) is 12.1. The number of benzene rings is 6. The minimum atomic E-state index is 0.668. The first-order valence-corrected chi connectivity index (χ1v) is 16.1. The molecule has 0 aliphatic carbocycles. The Kier molecular flexibility index (Phi) is 7.60. The van der Waals surface area contributed by atoms with Gasteiger partial charge in [0.1, 0.15) is 5.82 Å². The summed E-state index contributed by atoms with van der Waals surface area (Å²) in [5, 5.41) is 2.29. The first kappa shape index (κ1) is 29.2. The minimum absolute atomic E-state index is 0.668. The van der Waals surface area contributed by atoms with E-state index in [1.165, 1.54) is 11.1 Å². The third-order valence-corrected chi connectivity index (χ3v) is 8.71. The van der Waals surface area contributed by atoms with Crippen LogP contribution in [-0.2, 0) is 0 Å². The van der Waals surface area contributed by atoms with Gasteiger partial charge in [-0.3, -0.25) is 0 Å². The molecule has 6 aromatic carbocycles. The van der Waals surface area contributed by atoms with E-state index < -0.39 is 0 Å². The highest BCUT2D eigenvalue weighted by molar-refractivity contribution is 5.95. The summed E-state index contributed by atoms with van der Waals surface area (Å²) in [4.78, 5) is 19.4. The van der Waals surface area contributed by atoms with Gasteiger partial charge in [-0.1, -0.05) is 151 Å². The topological polar surface area (TPSA) is 51.6 Å². The molecule has 0 saturated carbocycles. The van der Waals surface area contributed by atoms with Gasteiger partial charge in [0.15, 0.2) is 11.6 Å². The fraction of sp³-hybridized carbons (Fsp3) is 0.0455. The summed E-state index contributed by atoms with van der Waals surface area (Å²) in [6.07, 6.45) is 0. The lowest BCUT2D eigenvalue weighted by Gasteiger charge is -2.11. The maximum atomic E-state index is 5.11. The van der Waals surface area contributed by atoms with E-state index in [-0.39, 0.29) is 0 Å². The van der Waals surface area contributed by atoms with Crippen molar-refractivity contribution in [3.05, 3.63) is 169 Å². The molecule has 48 heavy (non-hydrogen) atoms. The Morgan fingerprint density at radius 1 is 0.354 bits per heavy atom. The molecule has 0 atom stereocenters. The van der Waals surface area contributed by atoms with Crippen molar-refractivity contribution >= 4 is 10.8 Å². The molecule has 2 aromatic heterocycles. The second kappa shape index (κ2) is 12.5. The van der Waals surface area contributed by atoms with Crippen LogP contribution in [0, 0.1) is 13.8 Å². The molecule has 0 saturated heterocycles. The summed E-state index contributed by atoms with van der Waals surface area (Å²) >= 11 is 0. The Morgan fingerprint density at radius 2 is 0.875 bits per heavy atom. The average molecular weight is 617 g/mol. The third-order valence-electron chi connectivity index (χ3n) is 8.71. The van der Waals surface area contributed by atoms with Crippen LogP contribution in [0.1, 0.15) is 11.4 Å². The van der Waals surface area contributed by atoms with Gasteiger partial charge in [0.25, 0.3) is 0 Å². The second-order valence-corrected chi connectivity index (χ2v) is 12.1. The molecule has 8 rings (SSSR count). The molecule has 2 heterocycles. The van der Waals surface area contributed by atoms with Crippen molar-refractivity contribution in [1.29, 1.82) is 0 Å². The van der Waals surface area contributed by atoms with Crippen molar-refractivity contribution in [3.63, 3.8) is 0 Å². The number of pyridine rings is 1. The first-order chi connectivity index (χ1) is 23.6. The fourth-order valence-electron chi connectivity index (χ4n) is 6.14.